The molecule has 0 saturated carbocycles. The Bertz CT molecular complexity index is 2230. The summed E-state index contributed by atoms with van der Waals surface area (Å²) < 4.78 is 8.00. The number of carbonyl (C=O) groups excluding carboxylic acids is 3. The van der Waals surface area contributed by atoms with E-state index in [-0.39, 0.29) is 11.8 Å². The van der Waals surface area contributed by atoms with Crippen LogP contribution in [0, 0.1) is 0 Å². The minimum atomic E-state index is -0.398. The maximum atomic E-state index is 13.2. The normalized spacial score (nSPS) is 11.6. The van der Waals surface area contributed by atoms with Gasteiger partial charge in [0.2, 0.25) is 0 Å². The van der Waals surface area contributed by atoms with Crippen LogP contribution in [-0.4, -0.2) is 56.1 Å². The molecular weight excluding hydrogens is 646 g/mol. The average Bonchev–Trinajstić information content (AvgIpc) is 3.85. The number of nitrogens with two attached hydrogens (primary N) is 1. The van der Waals surface area contributed by atoms with Crippen LogP contribution in [0.2, 0.25) is 0 Å². The predicted octanol–water partition coefficient (Wildman–Crippen LogP) is 5.29. The highest BCUT2D eigenvalue weighted by molar-refractivity contribution is 6.07. The van der Waals surface area contributed by atoms with E-state index in [0.717, 1.165) is 17.5 Å². The van der Waals surface area contributed by atoms with Crippen LogP contribution >= 0.6 is 0 Å². The van der Waals surface area contributed by atoms with E-state index in [1.165, 1.54) is 5.56 Å². The molecule has 3 heterocycles. The number of aromatic nitrogens is 4. The quantitative estimate of drug-likeness (QED) is 0.0726. The van der Waals surface area contributed by atoms with Crippen molar-refractivity contribution in [2.45, 2.75) is 12.8 Å². The van der Waals surface area contributed by atoms with E-state index < -0.39 is 5.91 Å². The number of aryl methyl sites for hydroxylation is 2. The van der Waals surface area contributed by atoms with E-state index in [9.17, 15) is 14.4 Å². The standard InChI is InChI=1S/C38H37N9O4/c1-46-24-30(21-33(46)37(49)41-19-17-35(39)40-18-16-25-6-4-3-5-7-25)43-38(50)34-22-29(23-47(34)2)42-36(48)28-13-10-26(11-14-28)8-9-27-12-15-31-32(20-27)45-51-44-31/h3-15,20-24H,16-19H2,1-2H3,(H2,39,40)(H,41,49)(H,42,48)(H,43,50)/b9-8+. The van der Waals surface area contributed by atoms with Crippen molar-refractivity contribution in [3.63, 3.8) is 0 Å². The van der Waals surface area contributed by atoms with Crippen molar-refractivity contribution >= 4 is 58.1 Å². The molecule has 5 N–H and O–H groups in total. The molecule has 0 saturated heterocycles. The third-order valence-corrected chi connectivity index (χ3v) is 8.13. The average molecular weight is 684 g/mol. The van der Waals surface area contributed by atoms with Crippen LogP contribution in [0.5, 0.6) is 0 Å². The number of nitrogens with zero attached hydrogens (tertiary/aromatic N) is 5. The van der Waals surface area contributed by atoms with Crippen LogP contribution in [0.4, 0.5) is 11.4 Å². The SMILES string of the molecule is Cn1cc(NC(=O)c2cc(NC(=O)c3ccc(/C=C/c4ccc5nonc5c4)cc3)cn2C)cc1C(=O)NCCC(N)=NCCc1ccccc1. The lowest BCUT2D eigenvalue weighted by atomic mass is 10.1. The van der Waals surface area contributed by atoms with Gasteiger partial charge in [-0.1, -0.05) is 60.7 Å². The lowest BCUT2D eigenvalue weighted by molar-refractivity contribution is 0.0945. The van der Waals surface area contributed by atoms with E-state index >= 15 is 0 Å². The molecule has 0 fully saturated rings. The molecule has 0 bridgehead atoms. The third-order valence-electron chi connectivity index (χ3n) is 8.13. The largest absolute Gasteiger partial charge is 0.387 e. The summed E-state index contributed by atoms with van der Waals surface area (Å²) in [5.74, 6) is -0.537. The van der Waals surface area contributed by atoms with E-state index in [0.29, 0.717) is 64.7 Å². The highest BCUT2D eigenvalue weighted by Crippen LogP contribution is 2.19. The number of anilines is 2. The van der Waals surface area contributed by atoms with Gasteiger partial charge in [0, 0.05) is 51.6 Å². The molecule has 0 aliphatic rings. The maximum absolute atomic E-state index is 13.2. The van der Waals surface area contributed by atoms with E-state index in [1.54, 1.807) is 59.9 Å². The molecule has 3 aromatic heterocycles. The lowest BCUT2D eigenvalue weighted by Gasteiger charge is -2.06. The summed E-state index contributed by atoms with van der Waals surface area (Å²) in [5, 5.41) is 16.2. The number of aliphatic imine (C=N–C) groups is 1. The molecule has 0 aliphatic heterocycles. The summed E-state index contributed by atoms with van der Waals surface area (Å²) in [4.78, 5) is 43.4. The van der Waals surface area contributed by atoms with Crippen LogP contribution < -0.4 is 21.7 Å². The third kappa shape index (κ3) is 8.83. The number of hydrogen-bond donors (Lipinski definition) is 4. The summed E-state index contributed by atoms with van der Waals surface area (Å²) in [7, 11) is 3.43. The second kappa shape index (κ2) is 15.6. The number of rotatable bonds is 13. The van der Waals surface area contributed by atoms with E-state index in [4.69, 9.17) is 10.4 Å². The van der Waals surface area contributed by atoms with Crippen molar-refractivity contribution in [2.75, 3.05) is 23.7 Å². The molecule has 6 aromatic rings. The fraction of sp³-hybridized carbons (Fsp3) is 0.158. The first kappa shape index (κ1) is 34.1. The Morgan fingerprint density at radius 3 is 2.12 bits per heavy atom. The van der Waals surface area contributed by atoms with Crippen molar-refractivity contribution in [3.8, 4) is 0 Å². The number of amides is 3. The second-order valence-electron chi connectivity index (χ2n) is 11.9. The van der Waals surface area contributed by atoms with Gasteiger partial charge < -0.3 is 30.8 Å². The molecule has 3 amide bonds. The van der Waals surface area contributed by atoms with Gasteiger partial charge in [-0.3, -0.25) is 19.4 Å². The first-order valence-corrected chi connectivity index (χ1v) is 16.3. The molecule has 0 atom stereocenters. The molecule has 3 aromatic carbocycles. The lowest BCUT2D eigenvalue weighted by Crippen LogP contribution is -2.29. The number of benzene rings is 3. The van der Waals surface area contributed by atoms with E-state index in [1.807, 2.05) is 72.8 Å². The molecule has 13 heteroatoms. The van der Waals surface area contributed by atoms with Gasteiger partial charge in [-0.05, 0) is 69.8 Å². The van der Waals surface area contributed by atoms with Gasteiger partial charge >= 0.3 is 0 Å². The van der Waals surface area contributed by atoms with Crippen molar-refractivity contribution in [2.24, 2.45) is 24.8 Å². The van der Waals surface area contributed by atoms with Crippen LogP contribution in [0.15, 0.2) is 107 Å². The van der Waals surface area contributed by atoms with Crippen molar-refractivity contribution < 1.29 is 19.0 Å². The van der Waals surface area contributed by atoms with Gasteiger partial charge in [-0.2, -0.15) is 0 Å². The molecule has 13 nitrogen and oxygen atoms in total. The number of carbonyl (C=O) groups is 3. The zero-order chi connectivity index (χ0) is 35.7. The second-order valence-corrected chi connectivity index (χ2v) is 11.9. The Labute approximate surface area is 293 Å². The Kier molecular flexibility index (Phi) is 10.5. The Hall–Kier alpha value is -6.76. The maximum Gasteiger partial charge on any atom is 0.272 e. The summed E-state index contributed by atoms with van der Waals surface area (Å²) in [6.07, 6.45) is 8.40. The molecule has 0 unspecified atom stereocenters. The molecule has 258 valence electrons. The number of nitrogens with one attached hydrogen (secondary N) is 3. The first-order valence-electron chi connectivity index (χ1n) is 16.3. The minimum Gasteiger partial charge on any atom is -0.387 e. The van der Waals surface area contributed by atoms with Gasteiger partial charge in [-0.25, -0.2) is 4.63 Å². The van der Waals surface area contributed by atoms with Crippen LogP contribution in [0.1, 0.15) is 54.4 Å². The zero-order valence-electron chi connectivity index (χ0n) is 28.2. The Morgan fingerprint density at radius 1 is 0.765 bits per heavy atom. The fourth-order valence-corrected chi connectivity index (χ4v) is 5.40. The Morgan fingerprint density at radius 2 is 1.39 bits per heavy atom. The van der Waals surface area contributed by atoms with E-state index in [2.05, 4.69) is 31.3 Å². The van der Waals surface area contributed by atoms with Crippen molar-refractivity contribution in [1.82, 2.24) is 24.8 Å². The summed E-state index contributed by atoms with van der Waals surface area (Å²) in [5.41, 5.74) is 12.5. The van der Waals surface area contributed by atoms with Crippen LogP contribution in [0.25, 0.3) is 23.2 Å². The molecule has 6 rings (SSSR count). The summed E-state index contributed by atoms with van der Waals surface area (Å²) >= 11 is 0. The minimum absolute atomic E-state index is 0.300. The molecule has 0 radical (unpaired) electrons. The van der Waals surface area contributed by atoms with Crippen LogP contribution in [-0.2, 0) is 20.5 Å². The summed E-state index contributed by atoms with van der Waals surface area (Å²) in [6.45, 7) is 0.905. The van der Waals surface area contributed by atoms with Gasteiger partial charge in [-0.15, -0.1) is 0 Å². The number of hydrogen-bond acceptors (Lipinski definition) is 7. The number of amidine groups is 1. The molecular formula is C38H37N9O4. The summed E-state index contributed by atoms with van der Waals surface area (Å²) in [6, 6.07) is 26.0. The van der Waals surface area contributed by atoms with Crippen LogP contribution in [0.3, 0.4) is 0 Å². The predicted molar refractivity (Wildman–Crippen MR) is 197 cm³/mol. The van der Waals surface area contributed by atoms with Gasteiger partial charge in [0.05, 0.1) is 17.2 Å². The molecule has 0 aliphatic carbocycles. The van der Waals surface area contributed by atoms with Crippen molar-refractivity contribution in [3.05, 3.63) is 131 Å². The topological polar surface area (TPSA) is 174 Å². The Balaban J connectivity index is 0.984. The number of fused-ring (bicyclic) bond motifs is 1. The monoisotopic (exact) mass is 683 g/mol. The zero-order valence-corrected chi connectivity index (χ0v) is 28.2. The highest BCUT2D eigenvalue weighted by Gasteiger charge is 2.17. The van der Waals surface area contributed by atoms with Gasteiger partial charge in [0.25, 0.3) is 17.7 Å². The smallest absolute Gasteiger partial charge is 0.272 e. The first-order chi connectivity index (χ1) is 24.7. The van der Waals surface area contributed by atoms with Gasteiger partial charge in [0.1, 0.15) is 22.4 Å². The fourth-order valence-electron chi connectivity index (χ4n) is 5.40. The molecule has 0 spiro atoms. The van der Waals surface area contributed by atoms with Gasteiger partial charge in [0.15, 0.2) is 0 Å². The van der Waals surface area contributed by atoms with Crippen molar-refractivity contribution in [1.29, 1.82) is 0 Å². The highest BCUT2D eigenvalue weighted by atomic mass is 16.6. The molecule has 51 heavy (non-hydrogen) atoms.